The third-order valence-corrected chi connectivity index (χ3v) is 1.90. The van der Waals surface area contributed by atoms with E-state index < -0.39 is 24.0 Å². The minimum absolute atomic E-state index is 0.147. The molecule has 2 atom stereocenters. The van der Waals surface area contributed by atoms with Crippen LogP contribution < -0.4 is 5.73 Å². The minimum atomic E-state index is -2.07. The highest BCUT2D eigenvalue weighted by Gasteiger charge is 2.27. The van der Waals surface area contributed by atoms with Crippen molar-refractivity contribution < 1.29 is 24.5 Å². The van der Waals surface area contributed by atoms with Gasteiger partial charge in [0, 0.05) is 11.3 Å². The highest BCUT2D eigenvalue weighted by Crippen LogP contribution is 2.22. The first-order chi connectivity index (χ1) is 6.93. The van der Waals surface area contributed by atoms with Crippen LogP contribution in [0.15, 0.2) is 18.2 Å². The van der Waals surface area contributed by atoms with Crippen molar-refractivity contribution in [1.82, 2.24) is 0 Å². The Hall–Kier alpha value is -1.66. The first-order valence-electron chi connectivity index (χ1n) is 4.07. The molecule has 0 amide bonds. The number of benzene rings is 1. The summed E-state index contributed by atoms with van der Waals surface area (Å²) in [5.41, 5.74) is 5.10. The van der Waals surface area contributed by atoms with Crippen molar-refractivity contribution >= 4 is 11.7 Å². The number of anilines is 1. The topological polar surface area (TPSA) is 104 Å². The molecule has 1 aromatic rings. The Balaban J connectivity index is 3.01. The first-order valence-corrected chi connectivity index (χ1v) is 4.07. The van der Waals surface area contributed by atoms with E-state index in [1.54, 1.807) is 0 Å². The summed E-state index contributed by atoms with van der Waals surface area (Å²) in [7, 11) is 0. The molecule has 0 bridgehead atoms. The van der Waals surface area contributed by atoms with Crippen molar-refractivity contribution in [3.63, 3.8) is 0 Å². The summed E-state index contributed by atoms with van der Waals surface area (Å²) in [6, 6.07) is 3.37. The molecule has 1 aromatic carbocycles. The quantitative estimate of drug-likeness (QED) is 0.526. The molecule has 0 radical (unpaired) electrons. The number of carboxylic acid groups (broad SMARTS) is 1. The van der Waals surface area contributed by atoms with Crippen molar-refractivity contribution in [2.45, 2.75) is 12.2 Å². The van der Waals surface area contributed by atoms with Gasteiger partial charge in [0.25, 0.3) is 0 Å². The predicted molar refractivity (Wildman–Crippen MR) is 49.4 cm³/mol. The summed E-state index contributed by atoms with van der Waals surface area (Å²) >= 11 is 0. The second-order valence-electron chi connectivity index (χ2n) is 3.01. The maximum Gasteiger partial charge on any atom is 0.335 e. The van der Waals surface area contributed by atoms with E-state index in [2.05, 4.69) is 0 Å². The molecular formula is C9H10FNO4. The van der Waals surface area contributed by atoms with Crippen LogP contribution in [0.5, 0.6) is 0 Å². The Labute approximate surface area is 84.6 Å². The third-order valence-electron chi connectivity index (χ3n) is 1.90. The molecule has 1 rings (SSSR count). The highest BCUT2D eigenvalue weighted by atomic mass is 19.1. The molecule has 2 unspecified atom stereocenters. The fraction of sp³-hybridized carbons (Fsp3) is 0.222. The molecule has 15 heavy (non-hydrogen) atoms. The maximum atomic E-state index is 13.2. The molecule has 0 fully saturated rings. The van der Waals surface area contributed by atoms with E-state index in [0.717, 1.165) is 12.1 Å². The van der Waals surface area contributed by atoms with E-state index in [4.69, 9.17) is 15.9 Å². The zero-order valence-corrected chi connectivity index (χ0v) is 7.59. The maximum absolute atomic E-state index is 13.2. The van der Waals surface area contributed by atoms with Crippen molar-refractivity contribution in [2.75, 3.05) is 5.73 Å². The second kappa shape index (κ2) is 4.24. The van der Waals surface area contributed by atoms with Crippen LogP contribution in [0.1, 0.15) is 11.7 Å². The van der Waals surface area contributed by atoms with Crippen LogP contribution in [-0.4, -0.2) is 27.4 Å². The monoisotopic (exact) mass is 215 g/mol. The number of aliphatic hydroxyl groups excluding tert-OH is 2. The highest BCUT2D eigenvalue weighted by molar-refractivity contribution is 5.73. The summed E-state index contributed by atoms with van der Waals surface area (Å²) in [6.45, 7) is 0. The number of aliphatic carboxylic acids is 1. The van der Waals surface area contributed by atoms with Gasteiger partial charge in [0.15, 0.2) is 6.10 Å². The smallest absolute Gasteiger partial charge is 0.335 e. The van der Waals surface area contributed by atoms with Gasteiger partial charge in [-0.15, -0.1) is 0 Å². The van der Waals surface area contributed by atoms with Gasteiger partial charge < -0.3 is 21.1 Å². The van der Waals surface area contributed by atoms with Gasteiger partial charge in [-0.1, -0.05) is 6.07 Å². The summed E-state index contributed by atoms with van der Waals surface area (Å²) in [6.07, 6.45) is -3.88. The lowest BCUT2D eigenvalue weighted by molar-refractivity contribution is -0.153. The number of carboxylic acids is 1. The van der Waals surface area contributed by atoms with Crippen LogP contribution in [-0.2, 0) is 4.79 Å². The molecule has 0 aliphatic carbocycles. The molecule has 0 aliphatic heterocycles. The summed E-state index contributed by atoms with van der Waals surface area (Å²) in [4.78, 5) is 10.3. The number of carbonyl (C=O) groups is 1. The standard InChI is InChI=1S/C9H10FNO4/c10-6-3-4(11)1-2-5(6)7(12)8(13)9(14)15/h1-3,7-8,12-13H,11H2,(H,14,15). The Morgan fingerprint density at radius 3 is 2.47 bits per heavy atom. The van der Waals surface area contributed by atoms with Gasteiger partial charge in [-0.05, 0) is 12.1 Å². The number of nitrogen functional groups attached to an aromatic ring is 1. The van der Waals surface area contributed by atoms with Gasteiger partial charge in [0.05, 0.1) is 0 Å². The van der Waals surface area contributed by atoms with E-state index in [-0.39, 0.29) is 11.3 Å². The molecule has 0 saturated carbocycles. The number of halogens is 1. The summed E-state index contributed by atoms with van der Waals surface area (Å²) in [5.74, 6) is -2.48. The molecule has 5 nitrogen and oxygen atoms in total. The molecular weight excluding hydrogens is 205 g/mol. The van der Waals surface area contributed by atoms with Gasteiger partial charge in [0.1, 0.15) is 11.9 Å². The predicted octanol–water partition coefficient (Wildman–Crippen LogP) is -0.113. The number of hydrogen-bond acceptors (Lipinski definition) is 4. The summed E-state index contributed by atoms with van der Waals surface area (Å²) in [5, 5.41) is 26.7. The van der Waals surface area contributed by atoms with E-state index in [1.807, 2.05) is 0 Å². The fourth-order valence-electron chi connectivity index (χ4n) is 1.09. The van der Waals surface area contributed by atoms with E-state index in [1.165, 1.54) is 6.07 Å². The first kappa shape index (κ1) is 11.4. The zero-order valence-electron chi connectivity index (χ0n) is 7.59. The van der Waals surface area contributed by atoms with Gasteiger partial charge in [0.2, 0.25) is 0 Å². The lowest BCUT2D eigenvalue weighted by Gasteiger charge is -2.15. The van der Waals surface area contributed by atoms with Gasteiger partial charge in [-0.3, -0.25) is 0 Å². The van der Waals surface area contributed by atoms with Crippen molar-refractivity contribution in [1.29, 1.82) is 0 Å². The SMILES string of the molecule is Nc1ccc(C(O)C(O)C(=O)O)c(F)c1. The Morgan fingerprint density at radius 2 is 2.00 bits per heavy atom. The molecule has 5 N–H and O–H groups in total. The summed E-state index contributed by atoms with van der Waals surface area (Å²) < 4.78 is 13.2. The van der Waals surface area contributed by atoms with Crippen LogP contribution in [0.4, 0.5) is 10.1 Å². The largest absolute Gasteiger partial charge is 0.479 e. The van der Waals surface area contributed by atoms with Crippen molar-refractivity contribution in [3.05, 3.63) is 29.6 Å². The van der Waals surface area contributed by atoms with E-state index in [0.29, 0.717) is 0 Å². The van der Waals surface area contributed by atoms with E-state index >= 15 is 0 Å². The number of nitrogens with two attached hydrogens (primary N) is 1. The van der Waals surface area contributed by atoms with Gasteiger partial charge in [-0.25, -0.2) is 9.18 Å². The molecule has 0 saturated heterocycles. The Morgan fingerprint density at radius 1 is 1.40 bits per heavy atom. The lowest BCUT2D eigenvalue weighted by Crippen LogP contribution is -2.28. The average molecular weight is 215 g/mol. The molecule has 0 aliphatic rings. The lowest BCUT2D eigenvalue weighted by atomic mass is 10.0. The molecule has 82 valence electrons. The van der Waals surface area contributed by atoms with Crippen LogP contribution in [0.2, 0.25) is 0 Å². The molecule has 6 heteroatoms. The second-order valence-corrected chi connectivity index (χ2v) is 3.01. The van der Waals surface area contributed by atoms with Crippen LogP contribution in [0, 0.1) is 5.82 Å². The normalized spacial score (nSPS) is 14.6. The fourth-order valence-corrected chi connectivity index (χ4v) is 1.09. The van der Waals surface area contributed by atoms with Crippen LogP contribution in [0.3, 0.4) is 0 Å². The van der Waals surface area contributed by atoms with Crippen molar-refractivity contribution in [2.24, 2.45) is 0 Å². The van der Waals surface area contributed by atoms with Gasteiger partial charge in [-0.2, -0.15) is 0 Å². The van der Waals surface area contributed by atoms with Crippen LogP contribution >= 0.6 is 0 Å². The zero-order chi connectivity index (χ0) is 11.6. The Kier molecular flexibility index (Phi) is 3.23. The average Bonchev–Trinajstić information content (AvgIpc) is 2.15. The number of rotatable bonds is 3. The minimum Gasteiger partial charge on any atom is -0.479 e. The molecule has 0 heterocycles. The number of hydrogen-bond donors (Lipinski definition) is 4. The Bertz CT molecular complexity index is 382. The third kappa shape index (κ3) is 2.42. The van der Waals surface area contributed by atoms with Crippen molar-refractivity contribution in [3.8, 4) is 0 Å². The van der Waals surface area contributed by atoms with E-state index in [9.17, 15) is 14.3 Å². The molecule has 0 aromatic heterocycles. The molecule has 0 spiro atoms. The van der Waals surface area contributed by atoms with Crippen LogP contribution in [0.25, 0.3) is 0 Å². The van der Waals surface area contributed by atoms with Gasteiger partial charge >= 0.3 is 5.97 Å². The number of aliphatic hydroxyl groups is 2.